The summed E-state index contributed by atoms with van der Waals surface area (Å²) in [5.41, 5.74) is 0.314. The van der Waals surface area contributed by atoms with Crippen LogP contribution in [0.5, 0.6) is 0 Å². The number of nitrogens with one attached hydrogen (secondary N) is 2. The van der Waals surface area contributed by atoms with E-state index in [-0.39, 0.29) is 5.91 Å². The third-order valence-electron chi connectivity index (χ3n) is 3.86. The summed E-state index contributed by atoms with van der Waals surface area (Å²) in [5.74, 6) is -0.289. The number of unbranched alkanes of at least 4 members (excludes halogenated alkanes) is 1. The maximum Gasteiger partial charge on any atom is 0.279 e. The summed E-state index contributed by atoms with van der Waals surface area (Å²) in [7, 11) is 0. The highest BCUT2D eigenvalue weighted by Crippen LogP contribution is 2.19. The molecule has 0 unspecified atom stereocenters. The van der Waals surface area contributed by atoms with E-state index in [1.165, 1.54) is 11.3 Å². The number of anilines is 1. The van der Waals surface area contributed by atoms with Gasteiger partial charge in [-0.25, -0.2) is 4.68 Å². The summed E-state index contributed by atoms with van der Waals surface area (Å²) in [5, 5.41) is 23.7. The van der Waals surface area contributed by atoms with Crippen molar-refractivity contribution in [2.45, 2.75) is 45.1 Å². The summed E-state index contributed by atoms with van der Waals surface area (Å²) in [6.07, 6.45) is 6.80. The predicted octanol–water partition coefficient (Wildman–Crippen LogP) is 1.65. The second-order valence-corrected chi connectivity index (χ2v) is 6.69. The van der Waals surface area contributed by atoms with E-state index in [4.69, 9.17) is 0 Å². The summed E-state index contributed by atoms with van der Waals surface area (Å²) in [6, 6.07) is 0.312. The lowest BCUT2D eigenvalue weighted by molar-refractivity contribution is 0.102. The number of aryl methyl sites for hydroxylation is 1. The molecule has 3 rings (SSSR count). The van der Waals surface area contributed by atoms with Gasteiger partial charge in [0, 0.05) is 6.42 Å². The zero-order chi connectivity index (χ0) is 16.1. The first-order chi connectivity index (χ1) is 11.3. The molecule has 124 valence electrons. The van der Waals surface area contributed by atoms with Crippen LogP contribution in [0.2, 0.25) is 0 Å². The van der Waals surface area contributed by atoms with E-state index < -0.39 is 0 Å². The lowest BCUT2D eigenvalue weighted by atomic mass is 10.1. The Morgan fingerprint density at radius 2 is 2.22 bits per heavy atom. The molecule has 9 heteroatoms. The van der Waals surface area contributed by atoms with Gasteiger partial charge in [0.25, 0.3) is 5.91 Å². The Balaban J connectivity index is 1.59. The van der Waals surface area contributed by atoms with Crippen molar-refractivity contribution in [2.75, 3.05) is 18.4 Å². The van der Waals surface area contributed by atoms with Gasteiger partial charge in [0.2, 0.25) is 5.13 Å². The Kier molecular flexibility index (Phi) is 5.29. The number of amides is 1. The van der Waals surface area contributed by atoms with E-state index in [0.29, 0.717) is 16.9 Å². The molecule has 0 radical (unpaired) electrons. The molecule has 2 aromatic rings. The van der Waals surface area contributed by atoms with Crippen LogP contribution in [0.1, 0.15) is 54.1 Å². The number of aromatic nitrogens is 5. The van der Waals surface area contributed by atoms with Crippen LogP contribution in [-0.4, -0.2) is 44.2 Å². The number of piperidine rings is 1. The Labute approximate surface area is 138 Å². The van der Waals surface area contributed by atoms with Gasteiger partial charge in [-0.15, -0.1) is 15.3 Å². The molecular formula is C14H21N7OS. The molecule has 0 saturated carbocycles. The van der Waals surface area contributed by atoms with Crippen molar-refractivity contribution in [3.05, 3.63) is 16.9 Å². The number of hydrogen-bond acceptors (Lipinski definition) is 7. The molecule has 0 aliphatic carbocycles. The minimum absolute atomic E-state index is 0.289. The molecule has 0 atom stereocenters. The lowest BCUT2D eigenvalue weighted by Gasteiger charge is -2.21. The monoisotopic (exact) mass is 335 g/mol. The fourth-order valence-electron chi connectivity index (χ4n) is 2.52. The first-order valence-electron chi connectivity index (χ1n) is 8.02. The summed E-state index contributed by atoms with van der Waals surface area (Å²) >= 11 is 1.41. The first kappa shape index (κ1) is 16.0. The van der Waals surface area contributed by atoms with Crippen LogP contribution < -0.4 is 10.6 Å². The zero-order valence-electron chi connectivity index (χ0n) is 13.2. The molecular weight excluding hydrogens is 314 g/mol. The molecule has 23 heavy (non-hydrogen) atoms. The van der Waals surface area contributed by atoms with E-state index in [0.717, 1.165) is 50.2 Å². The van der Waals surface area contributed by atoms with Crippen LogP contribution >= 0.6 is 11.3 Å². The highest BCUT2D eigenvalue weighted by Gasteiger charge is 2.19. The molecule has 2 N–H and O–H groups in total. The Morgan fingerprint density at radius 1 is 1.39 bits per heavy atom. The standard InChI is InChI=1S/C14H21N7OS/c1-2-3-4-12-18-19-14(23-12)16-13(22)11-9-21(20-17-11)10-5-7-15-8-6-10/h9-10,15H,2-8H2,1H3,(H,16,19,22). The quantitative estimate of drug-likeness (QED) is 0.833. The van der Waals surface area contributed by atoms with E-state index in [1.54, 1.807) is 10.9 Å². The van der Waals surface area contributed by atoms with E-state index >= 15 is 0 Å². The second kappa shape index (κ2) is 7.60. The van der Waals surface area contributed by atoms with Crippen molar-refractivity contribution in [2.24, 2.45) is 0 Å². The van der Waals surface area contributed by atoms with E-state index in [9.17, 15) is 4.79 Å². The summed E-state index contributed by atoms with van der Waals surface area (Å²) in [4.78, 5) is 12.2. The highest BCUT2D eigenvalue weighted by atomic mass is 32.1. The Bertz CT molecular complexity index is 647. The summed E-state index contributed by atoms with van der Waals surface area (Å²) < 4.78 is 1.79. The van der Waals surface area contributed by atoms with Crippen LogP contribution in [0.25, 0.3) is 0 Å². The minimum Gasteiger partial charge on any atom is -0.317 e. The molecule has 1 amide bonds. The van der Waals surface area contributed by atoms with Gasteiger partial charge in [-0.05, 0) is 32.4 Å². The van der Waals surface area contributed by atoms with E-state index in [1.807, 2.05) is 0 Å². The number of hydrogen-bond donors (Lipinski definition) is 2. The number of carbonyl (C=O) groups excluding carboxylic acids is 1. The molecule has 0 spiro atoms. The van der Waals surface area contributed by atoms with Gasteiger partial charge in [-0.3, -0.25) is 10.1 Å². The summed E-state index contributed by atoms with van der Waals surface area (Å²) in [6.45, 7) is 4.07. The number of nitrogens with zero attached hydrogens (tertiary/aromatic N) is 5. The van der Waals surface area contributed by atoms with Gasteiger partial charge in [-0.1, -0.05) is 29.9 Å². The molecule has 1 fully saturated rings. The lowest BCUT2D eigenvalue weighted by Crippen LogP contribution is -2.29. The Hall–Kier alpha value is -1.87. The molecule has 3 heterocycles. The predicted molar refractivity (Wildman–Crippen MR) is 87.6 cm³/mol. The van der Waals surface area contributed by atoms with E-state index in [2.05, 4.69) is 38.1 Å². The van der Waals surface area contributed by atoms with Crippen molar-refractivity contribution in [3.8, 4) is 0 Å². The largest absolute Gasteiger partial charge is 0.317 e. The molecule has 1 aliphatic rings. The van der Waals surface area contributed by atoms with Gasteiger partial charge < -0.3 is 5.32 Å². The maximum atomic E-state index is 12.2. The average Bonchev–Trinajstić information content (AvgIpc) is 3.23. The zero-order valence-corrected chi connectivity index (χ0v) is 14.0. The molecule has 0 aromatic carbocycles. The van der Waals surface area contributed by atoms with Gasteiger partial charge >= 0.3 is 0 Å². The molecule has 1 aliphatic heterocycles. The molecule has 0 bridgehead atoms. The highest BCUT2D eigenvalue weighted by molar-refractivity contribution is 7.15. The number of carbonyl (C=O) groups is 1. The van der Waals surface area contributed by atoms with Crippen molar-refractivity contribution >= 4 is 22.4 Å². The van der Waals surface area contributed by atoms with Crippen LogP contribution in [0, 0.1) is 0 Å². The van der Waals surface area contributed by atoms with Crippen molar-refractivity contribution in [1.82, 2.24) is 30.5 Å². The van der Waals surface area contributed by atoms with Crippen LogP contribution in [-0.2, 0) is 6.42 Å². The SMILES string of the molecule is CCCCc1nnc(NC(=O)c2cn(C3CCNCC3)nn2)s1. The fourth-order valence-corrected chi connectivity index (χ4v) is 3.30. The molecule has 1 saturated heterocycles. The minimum atomic E-state index is -0.289. The van der Waals surface area contributed by atoms with Crippen molar-refractivity contribution < 1.29 is 4.79 Å². The third-order valence-corrected chi connectivity index (χ3v) is 4.76. The third kappa shape index (κ3) is 4.11. The maximum absolute atomic E-state index is 12.2. The van der Waals surface area contributed by atoms with Crippen LogP contribution in [0.4, 0.5) is 5.13 Å². The first-order valence-corrected chi connectivity index (χ1v) is 8.84. The van der Waals surface area contributed by atoms with Crippen LogP contribution in [0.15, 0.2) is 6.20 Å². The smallest absolute Gasteiger partial charge is 0.279 e. The topological polar surface area (TPSA) is 97.6 Å². The van der Waals surface area contributed by atoms with Crippen LogP contribution in [0.3, 0.4) is 0 Å². The average molecular weight is 335 g/mol. The van der Waals surface area contributed by atoms with Gasteiger partial charge in [0.1, 0.15) is 5.01 Å². The second-order valence-electron chi connectivity index (χ2n) is 5.62. The molecule has 2 aromatic heterocycles. The van der Waals surface area contributed by atoms with Gasteiger partial charge in [0.15, 0.2) is 5.69 Å². The van der Waals surface area contributed by atoms with Crippen molar-refractivity contribution in [3.63, 3.8) is 0 Å². The Morgan fingerprint density at radius 3 is 3.00 bits per heavy atom. The van der Waals surface area contributed by atoms with Crippen molar-refractivity contribution in [1.29, 1.82) is 0 Å². The normalized spacial score (nSPS) is 15.7. The molecule has 8 nitrogen and oxygen atoms in total. The number of rotatable bonds is 6. The fraction of sp³-hybridized carbons (Fsp3) is 0.643. The van der Waals surface area contributed by atoms with Gasteiger partial charge in [-0.2, -0.15) is 0 Å². The van der Waals surface area contributed by atoms with Gasteiger partial charge in [0.05, 0.1) is 12.2 Å².